The van der Waals surface area contributed by atoms with Gasteiger partial charge in [-0.1, -0.05) is 48.6 Å². The molecule has 1 heterocycles. The molecule has 78 valence electrons. The summed E-state index contributed by atoms with van der Waals surface area (Å²) in [5.74, 6) is 0. The number of aromatic nitrogens is 2. The molecule has 0 spiro atoms. The zero-order chi connectivity index (χ0) is 10.5. The first-order valence-corrected chi connectivity index (χ1v) is 5.80. The van der Waals surface area contributed by atoms with E-state index >= 15 is 0 Å². The zero-order valence-corrected chi connectivity index (χ0v) is 9.42. The Labute approximate surface area is 93.2 Å². The summed E-state index contributed by atoms with van der Waals surface area (Å²) in [6.45, 7) is 3.85. The topological polar surface area (TPSA) is 37.8 Å². The van der Waals surface area contributed by atoms with Crippen molar-refractivity contribution >= 4 is 11.3 Å². The minimum Gasteiger partial charge on any atom is -0.311 e. The van der Waals surface area contributed by atoms with Gasteiger partial charge in [0.05, 0.1) is 0 Å². The molecule has 3 nitrogen and oxygen atoms in total. The molecule has 2 aromatic rings. The smallest absolute Gasteiger partial charge is 0.147 e. The molecule has 0 fully saturated rings. The second kappa shape index (κ2) is 5.00. The molecule has 0 unspecified atom stereocenters. The van der Waals surface area contributed by atoms with Crippen molar-refractivity contribution in [3.63, 3.8) is 0 Å². The quantitative estimate of drug-likeness (QED) is 0.857. The zero-order valence-electron chi connectivity index (χ0n) is 8.60. The van der Waals surface area contributed by atoms with E-state index in [0.717, 1.165) is 28.7 Å². The van der Waals surface area contributed by atoms with Crippen LogP contribution in [0.25, 0.3) is 10.6 Å². The van der Waals surface area contributed by atoms with Crippen molar-refractivity contribution in [2.45, 2.75) is 13.5 Å². The second-order valence-corrected chi connectivity index (χ2v) is 4.21. The average Bonchev–Trinajstić information content (AvgIpc) is 2.76. The Morgan fingerprint density at radius 3 is 2.73 bits per heavy atom. The molecule has 1 aromatic carbocycles. The van der Waals surface area contributed by atoms with Crippen molar-refractivity contribution in [2.24, 2.45) is 0 Å². The van der Waals surface area contributed by atoms with Crippen LogP contribution < -0.4 is 5.32 Å². The third kappa shape index (κ3) is 2.61. The van der Waals surface area contributed by atoms with Gasteiger partial charge in [0, 0.05) is 12.1 Å². The molecule has 1 aromatic heterocycles. The van der Waals surface area contributed by atoms with E-state index in [0.29, 0.717) is 0 Å². The predicted molar refractivity (Wildman–Crippen MR) is 62.7 cm³/mol. The van der Waals surface area contributed by atoms with E-state index in [2.05, 4.69) is 34.6 Å². The first-order chi connectivity index (χ1) is 7.40. The fraction of sp³-hybridized carbons (Fsp3) is 0.273. The van der Waals surface area contributed by atoms with Crippen molar-refractivity contribution in [2.75, 3.05) is 6.54 Å². The Bertz CT molecular complexity index is 411. The lowest BCUT2D eigenvalue weighted by atomic mass is 10.2. The average molecular weight is 219 g/mol. The van der Waals surface area contributed by atoms with Crippen LogP contribution in [0.1, 0.15) is 11.9 Å². The lowest BCUT2D eigenvalue weighted by molar-refractivity contribution is 0.715. The lowest BCUT2D eigenvalue weighted by Crippen LogP contribution is -2.11. The number of nitrogens with zero attached hydrogens (tertiary/aromatic N) is 2. The van der Waals surface area contributed by atoms with Crippen LogP contribution in [0, 0.1) is 0 Å². The fourth-order valence-electron chi connectivity index (χ4n) is 1.25. The Kier molecular flexibility index (Phi) is 3.42. The summed E-state index contributed by atoms with van der Waals surface area (Å²) in [7, 11) is 0. The molecule has 2 rings (SSSR count). The molecule has 0 aliphatic carbocycles. The Balaban J connectivity index is 2.14. The maximum absolute atomic E-state index is 4.17. The van der Waals surface area contributed by atoms with Gasteiger partial charge in [-0.3, -0.25) is 0 Å². The molecule has 0 aliphatic heterocycles. The van der Waals surface area contributed by atoms with Gasteiger partial charge in [-0.15, -0.1) is 10.2 Å². The van der Waals surface area contributed by atoms with Crippen LogP contribution in [0.5, 0.6) is 0 Å². The maximum atomic E-state index is 4.17. The number of hydrogen-bond donors (Lipinski definition) is 1. The summed E-state index contributed by atoms with van der Waals surface area (Å²) in [4.78, 5) is 0. The van der Waals surface area contributed by atoms with Crippen molar-refractivity contribution in [1.29, 1.82) is 0 Å². The van der Waals surface area contributed by atoms with Gasteiger partial charge in [-0.25, -0.2) is 0 Å². The van der Waals surface area contributed by atoms with Crippen LogP contribution in [-0.2, 0) is 6.54 Å². The highest BCUT2D eigenvalue weighted by atomic mass is 32.1. The van der Waals surface area contributed by atoms with Gasteiger partial charge >= 0.3 is 0 Å². The molecule has 0 amide bonds. The number of hydrogen-bond acceptors (Lipinski definition) is 4. The highest BCUT2D eigenvalue weighted by Gasteiger charge is 2.04. The molecule has 0 saturated heterocycles. The van der Waals surface area contributed by atoms with Gasteiger partial charge in [0.1, 0.15) is 10.0 Å². The summed E-state index contributed by atoms with van der Waals surface area (Å²) in [6, 6.07) is 10.1. The van der Waals surface area contributed by atoms with Crippen LogP contribution in [0.4, 0.5) is 0 Å². The normalized spacial score (nSPS) is 10.5. The first kappa shape index (κ1) is 10.3. The predicted octanol–water partition coefficient (Wildman–Crippen LogP) is 2.31. The van der Waals surface area contributed by atoms with Crippen LogP contribution in [0.15, 0.2) is 30.3 Å². The highest BCUT2D eigenvalue weighted by Crippen LogP contribution is 2.22. The molecule has 0 aliphatic rings. The summed E-state index contributed by atoms with van der Waals surface area (Å²) in [5, 5.41) is 13.6. The molecule has 0 bridgehead atoms. The number of benzene rings is 1. The standard InChI is InChI=1S/C11H13N3S/c1-2-12-8-10-13-14-11(15-10)9-6-4-3-5-7-9/h3-7,12H,2,8H2,1H3. The second-order valence-electron chi connectivity index (χ2n) is 3.15. The van der Waals surface area contributed by atoms with Crippen molar-refractivity contribution in [1.82, 2.24) is 15.5 Å². The SMILES string of the molecule is CCNCc1nnc(-c2ccccc2)s1. The molecule has 15 heavy (non-hydrogen) atoms. The fourth-order valence-corrected chi connectivity index (χ4v) is 2.07. The Morgan fingerprint density at radius 2 is 2.00 bits per heavy atom. The maximum Gasteiger partial charge on any atom is 0.147 e. The van der Waals surface area contributed by atoms with Gasteiger partial charge < -0.3 is 5.32 Å². The van der Waals surface area contributed by atoms with Gasteiger partial charge in [-0.2, -0.15) is 0 Å². The summed E-state index contributed by atoms with van der Waals surface area (Å²) in [5.41, 5.74) is 1.14. The van der Waals surface area contributed by atoms with Gasteiger partial charge in [0.15, 0.2) is 0 Å². The van der Waals surface area contributed by atoms with E-state index in [9.17, 15) is 0 Å². The van der Waals surface area contributed by atoms with Crippen molar-refractivity contribution in [3.05, 3.63) is 35.3 Å². The largest absolute Gasteiger partial charge is 0.311 e. The molecular weight excluding hydrogens is 206 g/mol. The number of nitrogens with one attached hydrogen (secondary N) is 1. The number of rotatable bonds is 4. The Morgan fingerprint density at radius 1 is 1.20 bits per heavy atom. The lowest BCUT2D eigenvalue weighted by Gasteiger charge is -1.94. The summed E-state index contributed by atoms with van der Waals surface area (Å²) >= 11 is 1.64. The summed E-state index contributed by atoms with van der Waals surface area (Å²) < 4.78 is 0. The van der Waals surface area contributed by atoms with E-state index in [1.807, 2.05) is 18.2 Å². The molecule has 0 saturated carbocycles. The third-order valence-electron chi connectivity index (χ3n) is 2.01. The molecule has 0 radical (unpaired) electrons. The van der Waals surface area contributed by atoms with Gasteiger partial charge in [0.2, 0.25) is 0 Å². The van der Waals surface area contributed by atoms with Crippen LogP contribution in [-0.4, -0.2) is 16.7 Å². The first-order valence-electron chi connectivity index (χ1n) is 4.98. The minimum atomic E-state index is 0.807. The Hall–Kier alpha value is -1.26. The van der Waals surface area contributed by atoms with E-state index < -0.39 is 0 Å². The van der Waals surface area contributed by atoms with Gasteiger partial charge in [0.25, 0.3) is 0 Å². The van der Waals surface area contributed by atoms with Crippen LogP contribution in [0.3, 0.4) is 0 Å². The molecule has 0 atom stereocenters. The van der Waals surface area contributed by atoms with Crippen LogP contribution >= 0.6 is 11.3 Å². The van der Waals surface area contributed by atoms with E-state index in [-0.39, 0.29) is 0 Å². The van der Waals surface area contributed by atoms with E-state index in [1.165, 1.54) is 0 Å². The van der Waals surface area contributed by atoms with E-state index in [1.54, 1.807) is 11.3 Å². The third-order valence-corrected chi connectivity index (χ3v) is 2.99. The summed E-state index contributed by atoms with van der Waals surface area (Å²) in [6.07, 6.45) is 0. The van der Waals surface area contributed by atoms with Gasteiger partial charge in [-0.05, 0) is 6.54 Å². The van der Waals surface area contributed by atoms with Crippen molar-refractivity contribution in [3.8, 4) is 10.6 Å². The molecule has 4 heteroatoms. The molecule has 1 N–H and O–H groups in total. The highest BCUT2D eigenvalue weighted by molar-refractivity contribution is 7.14. The van der Waals surface area contributed by atoms with E-state index in [4.69, 9.17) is 0 Å². The van der Waals surface area contributed by atoms with Crippen molar-refractivity contribution < 1.29 is 0 Å². The monoisotopic (exact) mass is 219 g/mol. The molecular formula is C11H13N3S. The van der Waals surface area contributed by atoms with Crippen LogP contribution in [0.2, 0.25) is 0 Å². The minimum absolute atomic E-state index is 0.807.